The van der Waals surface area contributed by atoms with Crippen molar-refractivity contribution in [3.63, 3.8) is 0 Å². The first-order valence-electron chi connectivity index (χ1n) is 17.1. The van der Waals surface area contributed by atoms with Gasteiger partial charge in [0.1, 0.15) is 0 Å². The fraction of sp³-hybridized carbons (Fsp3) is 0. The minimum Gasteiger partial charge on any atom is -0.254 e. The molecule has 6 nitrogen and oxygen atoms in total. The first-order chi connectivity index (χ1) is 25.7. The number of nitrogens with zero attached hydrogens (tertiary/aromatic N) is 6. The number of pyridine rings is 3. The van der Waals surface area contributed by atoms with Crippen LogP contribution >= 0.6 is 0 Å². The van der Waals surface area contributed by atoms with Crippen molar-refractivity contribution in [2.45, 2.75) is 0 Å². The molecular weight excluding hydrogens is 637 g/mol. The third kappa shape index (κ3) is 6.21. The maximum Gasteiger partial charge on any atom is 0.164 e. The Bertz CT molecular complexity index is 2580. The molecule has 0 unspecified atom stereocenters. The number of fused-ring (bicyclic) bond motifs is 1. The molecule has 0 bridgehead atoms. The lowest BCUT2D eigenvalue weighted by Crippen LogP contribution is -2.00. The fourth-order valence-corrected chi connectivity index (χ4v) is 6.37. The first-order valence-corrected chi connectivity index (χ1v) is 17.1. The van der Waals surface area contributed by atoms with Gasteiger partial charge in [-0.25, -0.2) is 19.9 Å². The zero-order chi connectivity index (χ0) is 34.7. The van der Waals surface area contributed by atoms with Crippen LogP contribution < -0.4 is 0 Å². The maximum absolute atomic E-state index is 5.11. The molecule has 0 N–H and O–H groups in total. The number of hydrogen-bond donors (Lipinski definition) is 0. The zero-order valence-corrected chi connectivity index (χ0v) is 28.0. The second kappa shape index (κ2) is 13.6. The van der Waals surface area contributed by atoms with E-state index in [0.29, 0.717) is 17.5 Å². The molecule has 5 aromatic carbocycles. The quantitative estimate of drug-likeness (QED) is 0.168. The number of aromatic nitrogens is 6. The third-order valence-electron chi connectivity index (χ3n) is 9.05. The summed E-state index contributed by atoms with van der Waals surface area (Å²) in [7, 11) is 0. The van der Waals surface area contributed by atoms with Crippen LogP contribution in [0.25, 0.3) is 90.0 Å². The smallest absolute Gasteiger partial charge is 0.164 e. The van der Waals surface area contributed by atoms with E-state index in [4.69, 9.17) is 29.9 Å². The van der Waals surface area contributed by atoms with E-state index < -0.39 is 0 Å². The van der Waals surface area contributed by atoms with Crippen LogP contribution in [0.15, 0.2) is 182 Å². The normalized spacial score (nSPS) is 11.1. The highest BCUT2D eigenvalue weighted by atomic mass is 15.0. The van der Waals surface area contributed by atoms with E-state index >= 15 is 0 Å². The van der Waals surface area contributed by atoms with Gasteiger partial charge in [0, 0.05) is 40.0 Å². The molecule has 6 heteroatoms. The highest BCUT2D eigenvalue weighted by molar-refractivity contribution is 5.94. The predicted molar refractivity (Wildman–Crippen MR) is 209 cm³/mol. The molecule has 9 aromatic rings. The van der Waals surface area contributed by atoms with Crippen LogP contribution in [0.3, 0.4) is 0 Å². The van der Waals surface area contributed by atoms with Crippen LogP contribution in [0, 0.1) is 0 Å². The molecule has 9 rings (SSSR count). The minimum atomic E-state index is 0.619. The maximum atomic E-state index is 5.11. The average molecular weight is 667 g/mol. The average Bonchev–Trinajstić information content (AvgIpc) is 3.24. The molecular formula is C46H30N6. The number of benzene rings is 5. The van der Waals surface area contributed by atoms with E-state index in [0.717, 1.165) is 72.5 Å². The van der Waals surface area contributed by atoms with Gasteiger partial charge >= 0.3 is 0 Å². The molecule has 4 aromatic heterocycles. The SMILES string of the molecule is c1ccc(-c2cc(-c3ccc(-c4ccc(-c5nc(-c6ccccc6)nc(-c6ccccc6)n5)cc4)cn3)nc(-c3nccc4ccccc34)c2)cc1. The Hall–Kier alpha value is -7.18. The molecule has 0 spiro atoms. The van der Waals surface area contributed by atoms with Crippen LogP contribution in [0.5, 0.6) is 0 Å². The van der Waals surface area contributed by atoms with Gasteiger partial charge < -0.3 is 0 Å². The van der Waals surface area contributed by atoms with Crippen molar-refractivity contribution >= 4 is 10.8 Å². The summed E-state index contributed by atoms with van der Waals surface area (Å²) in [6.45, 7) is 0. The van der Waals surface area contributed by atoms with Crippen molar-refractivity contribution in [1.82, 2.24) is 29.9 Å². The van der Waals surface area contributed by atoms with Crippen molar-refractivity contribution in [3.05, 3.63) is 182 Å². The fourth-order valence-electron chi connectivity index (χ4n) is 6.37. The molecule has 52 heavy (non-hydrogen) atoms. The Labute approximate surface area is 301 Å². The van der Waals surface area contributed by atoms with Gasteiger partial charge in [-0.3, -0.25) is 9.97 Å². The Morgan fingerprint density at radius 1 is 0.308 bits per heavy atom. The molecule has 4 heterocycles. The highest BCUT2D eigenvalue weighted by Crippen LogP contribution is 2.33. The van der Waals surface area contributed by atoms with Crippen LogP contribution in [0.1, 0.15) is 0 Å². The standard InChI is InChI=1S/C46H30N6/c1-4-12-31(13-5-1)38-28-41(49-42(29-38)43-39-19-11-10-14-33(39)26-27-47-43)40-25-24-37(30-48-40)32-20-22-36(23-21-32)46-51-44(34-15-6-2-7-16-34)50-45(52-46)35-17-8-3-9-18-35/h1-30H. The molecule has 0 fully saturated rings. The molecule has 0 aliphatic carbocycles. The van der Waals surface area contributed by atoms with E-state index in [-0.39, 0.29) is 0 Å². The van der Waals surface area contributed by atoms with Gasteiger partial charge in [-0.15, -0.1) is 0 Å². The van der Waals surface area contributed by atoms with Gasteiger partial charge in [0.2, 0.25) is 0 Å². The second-order valence-corrected chi connectivity index (χ2v) is 12.4. The molecule has 0 amide bonds. The first kappa shape index (κ1) is 30.8. The van der Waals surface area contributed by atoms with Crippen molar-refractivity contribution in [2.75, 3.05) is 0 Å². The van der Waals surface area contributed by atoms with E-state index in [2.05, 4.69) is 78.9 Å². The number of hydrogen-bond acceptors (Lipinski definition) is 6. The summed E-state index contributed by atoms with van der Waals surface area (Å²) in [4.78, 5) is 29.4. The van der Waals surface area contributed by atoms with Crippen LogP contribution in [-0.2, 0) is 0 Å². The lowest BCUT2D eigenvalue weighted by atomic mass is 10.0. The largest absolute Gasteiger partial charge is 0.254 e. The van der Waals surface area contributed by atoms with Gasteiger partial charge in [0.05, 0.1) is 22.8 Å². The summed E-state index contributed by atoms with van der Waals surface area (Å²) in [6, 6.07) is 57.3. The molecule has 0 saturated carbocycles. The van der Waals surface area contributed by atoms with Crippen LogP contribution in [-0.4, -0.2) is 29.9 Å². The topological polar surface area (TPSA) is 77.3 Å². The highest BCUT2D eigenvalue weighted by Gasteiger charge is 2.15. The van der Waals surface area contributed by atoms with E-state index in [9.17, 15) is 0 Å². The Balaban J connectivity index is 1.05. The van der Waals surface area contributed by atoms with Crippen molar-refractivity contribution in [1.29, 1.82) is 0 Å². The van der Waals surface area contributed by atoms with E-state index in [1.54, 1.807) is 0 Å². The lowest BCUT2D eigenvalue weighted by Gasteiger charge is -2.11. The second-order valence-electron chi connectivity index (χ2n) is 12.4. The molecule has 0 aliphatic rings. The molecule has 0 radical (unpaired) electrons. The molecule has 0 aliphatic heterocycles. The summed E-state index contributed by atoms with van der Waals surface area (Å²) in [5, 5.41) is 2.18. The zero-order valence-electron chi connectivity index (χ0n) is 28.0. The van der Waals surface area contributed by atoms with Crippen molar-refractivity contribution < 1.29 is 0 Å². The van der Waals surface area contributed by atoms with Crippen LogP contribution in [0.2, 0.25) is 0 Å². The van der Waals surface area contributed by atoms with Crippen LogP contribution in [0.4, 0.5) is 0 Å². The van der Waals surface area contributed by atoms with Gasteiger partial charge in [0.25, 0.3) is 0 Å². The molecule has 0 atom stereocenters. The van der Waals surface area contributed by atoms with E-state index in [1.165, 1.54) is 0 Å². The van der Waals surface area contributed by atoms with E-state index in [1.807, 2.05) is 103 Å². The Morgan fingerprint density at radius 3 is 1.42 bits per heavy atom. The summed E-state index contributed by atoms with van der Waals surface area (Å²) in [5.74, 6) is 1.89. The molecule has 244 valence electrons. The van der Waals surface area contributed by atoms with Gasteiger partial charge in [-0.1, -0.05) is 146 Å². The van der Waals surface area contributed by atoms with Crippen molar-refractivity contribution in [2.24, 2.45) is 0 Å². The Morgan fingerprint density at radius 2 is 0.808 bits per heavy atom. The predicted octanol–water partition coefficient (Wildman–Crippen LogP) is 10.9. The summed E-state index contributed by atoms with van der Waals surface area (Å²) < 4.78 is 0. The van der Waals surface area contributed by atoms with Crippen molar-refractivity contribution in [3.8, 4) is 79.2 Å². The van der Waals surface area contributed by atoms with Gasteiger partial charge in [-0.05, 0) is 46.3 Å². The lowest BCUT2D eigenvalue weighted by molar-refractivity contribution is 1.07. The number of rotatable bonds is 7. The third-order valence-corrected chi connectivity index (χ3v) is 9.05. The monoisotopic (exact) mass is 666 g/mol. The minimum absolute atomic E-state index is 0.619. The summed E-state index contributed by atoms with van der Waals surface area (Å²) >= 11 is 0. The van der Waals surface area contributed by atoms with Gasteiger partial charge in [0.15, 0.2) is 17.5 Å². The summed E-state index contributed by atoms with van der Waals surface area (Å²) in [5.41, 5.74) is 10.2. The molecule has 0 saturated heterocycles. The van der Waals surface area contributed by atoms with Gasteiger partial charge in [-0.2, -0.15) is 0 Å². The Kier molecular flexibility index (Phi) is 8.08. The summed E-state index contributed by atoms with van der Waals surface area (Å²) in [6.07, 6.45) is 3.75.